The second-order valence-electron chi connectivity index (χ2n) is 4.19. The van der Waals surface area contributed by atoms with E-state index in [1.165, 1.54) is 24.3 Å². The van der Waals surface area contributed by atoms with Gasteiger partial charge in [-0.3, -0.25) is 9.78 Å². The zero-order valence-corrected chi connectivity index (χ0v) is 11.4. The van der Waals surface area contributed by atoms with Gasteiger partial charge >= 0.3 is 0 Å². The molecule has 0 aliphatic carbocycles. The highest BCUT2D eigenvalue weighted by atomic mass is 19.1. The number of amides is 1. The van der Waals surface area contributed by atoms with Crippen LogP contribution in [-0.4, -0.2) is 23.2 Å². The summed E-state index contributed by atoms with van der Waals surface area (Å²) in [7, 11) is 0. The second kappa shape index (κ2) is 7.14. The van der Waals surface area contributed by atoms with Crippen LogP contribution in [-0.2, 0) is 4.79 Å². The minimum atomic E-state index is -0.408. The van der Waals surface area contributed by atoms with Gasteiger partial charge in [-0.2, -0.15) is 5.10 Å². The summed E-state index contributed by atoms with van der Waals surface area (Å²) in [5, 5.41) is 3.94. The van der Waals surface area contributed by atoms with E-state index >= 15 is 0 Å². The first-order valence-corrected chi connectivity index (χ1v) is 6.28. The first kappa shape index (κ1) is 14.6. The van der Waals surface area contributed by atoms with E-state index in [9.17, 15) is 9.18 Å². The van der Waals surface area contributed by atoms with Crippen molar-refractivity contribution in [3.05, 3.63) is 60.2 Å². The Morgan fingerprint density at radius 1 is 1.29 bits per heavy atom. The number of nitrogens with one attached hydrogen (secondary N) is 1. The molecule has 1 heterocycles. The highest BCUT2D eigenvalue weighted by Gasteiger charge is 2.03. The normalized spacial score (nSPS) is 11.0. The number of ether oxygens (including phenoxy) is 1. The van der Waals surface area contributed by atoms with Crippen molar-refractivity contribution in [2.24, 2.45) is 5.10 Å². The van der Waals surface area contributed by atoms with Gasteiger partial charge in [0, 0.05) is 6.20 Å². The van der Waals surface area contributed by atoms with E-state index in [1.807, 2.05) is 6.07 Å². The Balaban J connectivity index is 1.83. The average molecular weight is 287 g/mol. The zero-order valence-electron chi connectivity index (χ0n) is 11.4. The Kier molecular flexibility index (Phi) is 4.98. The van der Waals surface area contributed by atoms with Crippen molar-refractivity contribution in [1.82, 2.24) is 10.4 Å². The Morgan fingerprint density at radius 2 is 2.05 bits per heavy atom. The van der Waals surface area contributed by atoms with Crippen LogP contribution in [0, 0.1) is 5.82 Å². The number of rotatable bonds is 5. The van der Waals surface area contributed by atoms with Crippen molar-refractivity contribution in [2.75, 3.05) is 6.61 Å². The van der Waals surface area contributed by atoms with Crippen LogP contribution in [0.4, 0.5) is 4.39 Å². The molecule has 0 saturated carbocycles. The van der Waals surface area contributed by atoms with Crippen molar-refractivity contribution in [2.45, 2.75) is 6.92 Å². The molecule has 1 amide bonds. The smallest absolute Gasteiger partial charge is 0.277 e. The van der Waals surface area contributed by atoms with E-state index in [0.717, 1.165) is 0 Å². The molecule has 0 atom stereocenters. The Morgan fingerprint density at radius 3 is 2.71 bits per heavy atom. The lowest BCUT2D eigenvalue weighted by atomic mass is 10.3. The van der Waals surface area contributed by atoms with E-state index in [4.69, 9.17) is 4.74 Å². The van der Waals surface area contributed by atoms with Gasteiger partial charge in [0.05, 0.1) is 11.4 Å². The van der Waals surface area contributed by atoms with E-state index in [-0.39, 0.29) is 12.4 Å². The van der Waals surface area contributed by atoms with Crippen LogP contribution in [0.15, 0.2) is 53.8 Å². The third kappa shape index (κ3) is 4.68. The average Bonchev–Trinajstić information content (AvgIpc) is 2.53. The van der Waals surface area contributed by atoms with Gasteiger partial charge in [0.2, 0.25) is 0 Å². The number of nitrogens with zero attached hydrogens (tertiary/aromatic N) is 2. The fraction of sp³-hybridized carbons (Fsp3) is 0.133. The number of hydrogen-bond acceptors (Lipinski definition) is 4. The Labute approximate surface area is 121 Å². The molecule has 6 heteroatoms. The minimum absolute atomic E-state index is 0.204. The quantitative estimate of drug-likeness (QED) is 0.677. The summed E-state index contributed by atoms with van der Waals surface area (Å²) in [6.45, 7) is 1.54. The van der Waals surface area contributed by atoms with E-state index < -0.39 is 5.91 Å². The van der Waals surface area contributed by atoms with Gasteiger partial charge in [-0.25, -0.2) is 9.82 Å². The van der Waals surface area contributed by atoms with Crippen LogP contribution >= 0.6 is 0 Å². The maximum Gasteiger partial charge on any atom is 0.277 e. The molecule has 2 aromatic rings. The monoisotopic (exact) mass is 287 g/mol. The summed E-state index contributed by atoms with van der Waals surface area (Å²) >= 11 is 0. The number of aromatic nitrogens is 1. The molecule has 1 aromatic carbocycles. The van der Waals surface area contributed by atoms with Crippen molar-refractivity contribution in [1.29, 1.82) is 0 Å². The first-order valence-electron chi connectivity index (χ1n) is 6.28. The van der Waals surface area contributed by atoms with Gasteiger partial charge < -0.3 is 4.74 Å². The lowest BCUT2D eigenvalue weighted by molar-refractivity contribution is -0.123. The van der Waals surface area contributed by atoms with Crippen LogP contribution in [0.5, 0.6) is 5.75 Å². The van der Waals surface area contributed by atoms with Crippen LogP contribution in [0.25, 0.3) is 0 Å². The maximum absolute atomic E-state index is 12.7. The Hall–Kier alpha value is -2.76. The summed E-state index contributed by atoms with van der Waals surface area (Å²) in [5.41, 5.74) is 3.64. The molecular weight excluding hydrogens is 273 g/mol. The highest BCUT2D eigenvalue weighted by molar-refractivity contribution is 5.97. The topological polar surface area (TPSA) is 63.6 Å². The fourth-order valence-corrected chi connectivity index (χ4v) is 1.49. The molecule has 0 bridgehead atoms. The fourth-order valence-electron chi connectivity index (χ4n) is 1.49. The van der Waals surface area contributed by atoms with E-state index in [2.05, 4.69) is 15.5 Å². The third-order valence-corrected chi connectivity index (χ3v) is 2.57. The van der Waals surface area contributed by atoms with Crippen LogP contribution < -0.4 is 10.2 Å². The molecule has 0 aliphatic heterocycles. The van der Waals surface area contributed by atoms with Gasteiger partial charge in [0.25, 0.3) is 5.91 Å². The highest BCUT2D eigenvalue weighted by Crippen LogP contribution is 2.10. The number of hydrazone groups is 1. The van der Waals surface area contributed by atoms with Crippen molar-refractivity contribution >= 4 is 11.6 Å². The minimum Gasteiger partial charge on any atom is -0.484 e. The lowest BCUT2D eigenvalue weighted by Gasteiger charge is -2.05. The molecule has 0 radical (unpaired) electrons. The molecule has 0 saturated heterocycles. The molecule has 108 valence electrons. The summed E-state index contributed by atoms with van der Waals surface area (Å²) in [6, 6.07) is 10.8. The van der Waals surface area contributed by atoms with Gasteiger partial charge in [0.1, 0.15) is 11.6 Å². The van der Waals surface area contributed by atoms with Crippen LogP contribution in [0.3, 0.4) is 0 Å². The number of carbonyl (C=O) groups excluding carboxylic acids is 1. The van der Waals surface area contributed by atoms with E-state index in [0.29, 0.717) is 17.2 Å². The zero-order chi connectivity index (χ0) is 15.1. The molecule has 0 unspecified atom stereocenters. The van der Waals surface area contributed by atoms with Crippen molar-refractivity contribution in [3.8, 4) is 5.75 Å². The number of benzene rings is 1. The largest absolute Gasteiger partial charge is 0.484 e. The molecule has 1 N–H and O–H groups in total. The van der Waals surface area contributed by atoms with Crippen LogP contribution in [0.2, 0.25) is 0 Å². The number of halogens is 1. The standard InChI is InChI=1S/C15H14FN3O2/c1-11(14-4-2-3-9-17-14)18-19-15(20)10-21-13-7-5-12(16)6-8-13/h2-9H,10H2,1H3,(H,19,20)/b18-11-. The molecule has 0 fully saturated rings. The van der Waals surface area contributed by atoms with Gasteiger partial charge in [-0.15, -0.1) is 0 Å². The third-order valence-electron chi connectivity index (χ3n) is 2.57. The SMILES string of the molecule is C/C(=N/NC(=O)COc1ccc(F)cc1)c1ccccn1. The number of carbonyl (C=O) groups is 1. The van der Waals surface area contributed by atoms with Crippen molar-refractivity contribution in [3.63, 3.8) is 0 Å². The van der Waals surface area contributed by atoms with Crippen molar-refractivity contribution < 1.29 is 13.9 Å². The summed E-state index contributed by atoms with van der Waals surface area (Å²) < 4.78 is 17.9. The maximum atomic E-state index is 12.7. The lowest BCUT2D eigenvalue weighted by Crippen LogP contribution is -2.25. The van der Waals surface area contributed by atoms with Crippen LogP contribution in [0.1, 0.15) is 12.6 Å². The molecule has 0 spiro atoms. The predicted molar refractivity (Wildman–Crippen MR) is 76.5 cm³/mol. The molecule has 21 heavy (non-hydrogen) atoms. The van der Waals surface area contributed by atoms with E-state index in [1.54, 1.807) is 25.3 Å². The molecule has 5 nitrogen and oxygen atoms in total. The summed E-state index contributed by atoms with van der Waals surface area (Å²) in [5.74, 6) is -0.353. The molecular formula is C15H14FN3O2. The Bertz CT molecular complexity index is 627. The van der Waals surface area contributed by atoms with Gasteiger partial charge in [-0.1, -0.05) is 6.07 Å². The van der Waals surface area contributed by atoms with Gasteiger partial charge in [-0.05, 0) is 43.3 Å². The molecule has 1 aromatic heterocycles. The second-order valence-corrected chi connectivity index (χ2v) is 4.19. The summed E-state index contributed by atoms with van der Waals surface area (Å²) in [6.07, 6.45) is 1.65. The molecule has 2 rings (SSSR count). The number of pyridine rings is 1. The predicted octanol–water partition coefficient (Wildman–Crippen LogP) is 2.14. The summed E-state index contributed by atoms with van der Waals surface area (Å²) in [4.78, 5) is 15.7. The number of hydrogen-bond donors (Lipinski definition) is 1. The molecule has 0 aliphatic rings. The first-order chi connectivity index (χ1) is 10.1. The van der Waals surface area contributed by atoms with Gasteiger partial charge in [0.15, 0.2) is 6.61 Å².